The van der Waals surface area contributed by atoms with Gasteiger partial charge in [-0.2, -0.15) is 15.1 Å². The summed E-state index contributed by atoms with van der Waals surface area (Å²) in [6, 6.07) is 2.98. The Bertz CT molecular complexity index is 1340. The Hall–Kier alpha value is -4.22. The lowest BCUT2D eigenvalue weighted by Gasteiger charge is -2.11. The number of rotatable bonds is 6. The van der Waals surface area contributed by atoms with Crippen LogP contribution < -0.4 is 10.6 Å². The van der Waals surface area contributed by atoms with E-state index >= 15 is 0 Å². The molecule has 1 aromatic carbocycles. The molecule has 34 heavy (non-hydrogen) atoms. The Balaban J connectivity index is 1.48. The maximum absolute atomic E-state index is 15.0. The van der Waals surface area contributed by atoms with Crippen LogP contribution in [0.15, 0.2) is 35.4 Å². The van der Waals surface area contributed by atoms with Gasteiger partial charge in [-0.1, -0.05) is 25.9 Å². The van der Waals surface area contributed by atoms with Crippen LogP contribution in [0.4, 0.5) is 16.0 Å². The van der Waals surface area contributed by atoms with Crippen LogP contribution in [0.5, 0.6) is 0 Å². The number of nitrogens with one attached hydrogen (secondary N) is 2. The van der Waals surface area contributed by atoms with Crippen molar-refractivity contribution >= 4 is 17.5 Å². The summed E-state index contributed by atoms with van der Waals surface area (Å²) in [6.45, 7) is 7.61. The van der Waals surface area contributed by atoms with Gasteiger partial charge in [-0.15, -0.1) is 0 Å². The number of anilines is 2. The molecule has 4 rings (SSSR count). The molecule has 0 radical (unpaired) electrons. The summed E-state index contributed by atoms with van der Waals surface area (Å²) in [4.78, 5) is 29.0. The summed E-state index contributed by atoms with van der Waals surface area (Å²) < 4.78 is 21.8. The molecule has 3 aromatic heterocycles. The number of amides is 1. The van der Waals surface area contributed by atoms with E-state index in [0.29, 0.717) is 17.1 Å². The van der Waals surface area contributed by atoms with E-state index in [4.69, 9.17) is 4.52 Å². The zero-order chi connectivity index (χ0) is 24.5. The van der Waals surface area contributed by atoms with E-state index in [1.165, 1.54) is 12.4 Å². The SMILES string of the molecule is Cc1cc(-c2ncnc(Nc3cnn(C)c3)n2)c(F)cc1CNC(=O)c1noc(C(C)(C)C)n1. The molecule has 0 atom stereocenters. The van der Waals surface area contributed by atoms with E-state index in [-0.39, 0.29) is 35.1 Å². The molecule has 12 heteroatoms. The monoisotopic (exact) mass is 465 g/mol. The Labute approximate surface area is 194 Å². The lowest BCUT2D eigenvalue weighted by atomic mass is 9.97. The number of carbonyl (C=O) groups is 1. The molecule has 0 unspecified atom stereocenters. The minimum atomic E-state index is -0.525. The van der Waals surface area contributed by atoms with Crippen molar-refractivity contribution in [3.8, 4) is 11.4 Å². The number of aryl methyl sites for hydroxylation is 2. The van der Waals surface area contributed by atoms with Crippen molar-refractivity contribution in [2.75, 3.05) is 5.32 Å². The number of carbonyl (C=O) groups excluding carboxylic acids is 1. The van der Waals surface area contributed by atoms with E-state index in [0.717, 1.165) is 5.56 Å². The van der Waals surface area contributed by atoms with E-state index in [9.17, 15) is 9.18 Å². The standard InChI is InChI=1S/C22H24FN9O2/c1-12-6-15(17-25-11-26-21(30-17)28-14-9-27-32(5)10-14)16(23)7-13(12)8-24-19(33)18-29-20(34-31-18)22(2,3)4/h6-7,9-11H,8H2,1-5H3,(H,24,33)(H,25,26,28,30). The van der Waals surface area contributed by atoms with Gasteiger partial charge in [0.1, 0.15) is 12.1 Å². The minimum absolute atomic E-state index is 0.0708. The molecule has 1 amide bonds. The van der Waals surface area contributed by atoms with Gasteiger partial charge in [0.15, 0.2) is 5.82 Å². The molecule has 0 fully saturated rings. The molecular formula is C22H24FN9O2. The number of aromatic nitrogens is 7. The number of hydrogen-bond donors (Lipinski definition) is 2. The molecular weight excluding hydrogens is 441 g/mol. The largest absolute Gasteiger partial charge is 0.345 e. The number of hydrogen-bond acceptors (Lipinski definition) is 9. The summed E-state index contributed by atoms with van der Waals surface area (Å²) in [6.07, 6.45) is 4.69. The van der Waals surface area contributed by atoms with Gasteiger partial charge in [0.25, 0.3) is 11.7 Å². The second-order valence-corrected chi connectivity index (χ2v) is 8.77. The zero-order valence-corrected chi connectivity index (χ0v) is 19.4. The van der Waals surface area contributed by atoms with Gasteiger partial charge in [-0.25, -0.2) is 14.4 Å². The van der Waals surface area contributed by atoms with Crippen LogP contribution in [-0.4, -0.2) is 40.8 Å². The Kier molecular flexibility index (Phi) is 6.05. The van der Waals surface area contributed by atoms with Crippen molar-refractivity contribution in [3.63, 3.8) is 0 Å². The van der Waals surface area contributed by atoms with E-state index in [1.54, 1.807) is 30.2 Å². The fourth-order valence-electron chi connectivity index (χ4n) is 3.06. The van der Waals surface area contributed by atoms with Gasteiger partial charge in [0, 0.05) is 25.2 Å². The van der Waals surface area contributed by atoms with Gasteiger partial charge < -0.3 is 15.2 Å². The smallest absolute Gasteiger partial charge is 0.292 e. The summed E-state index contributed by atoms with van der Waals surface area (Å²) in [5.74, 6) is -0.299. The molecule has 0 spiro atoms. The van der Waals surface area contributed by atoms with Crippen molar-refractivity contribution in [2.45, 2.75) is 39.7 Å². The number of benzene rings is 1. The van der Waals surface area contributed by atoms with Gasteiger partial charge >= 0.3 is 0 Å². The molecule has 0 saturated carbocycles. The minimum Gasteiger partial charge on any atom is -0.345 e. The predicted molar refractivity (Wildman–Crippen MR) is 121 cm³/mol. The van der Waals surface area contributed by atoms with Crippen molar-refractivity contribution < 1.29 is 13.7 Å². The first-order chi connectivity index (χ1) is 16.1. The Morgan fingerprint density at radius 3 is 2.68 bits per heavy atom. The molecule has 0 aliphatic heterocycles. The van der Waals surface area contributed by atoms with Crippen LogP contribution in [0.2, 0.25) is 0 Å². The van der Waals surface area contributed by atoms with Crippen molar-refractivity contribution in [2.24, 2.45) is 7.05 Å². The Morgan fingerprint density at radius 2 is 2.00 bits per heavy atom. The van der Waals surface area contributed by atoms with Crippen molar-refractivity contribution in [3.05, 3.63) is 59.5 Å². The average Bonchev–Trinajstić information content (AvgIpc) is 3.43. The van der Waals surface area contributed by atoms with E-state index < -0.39 is 11.7 Å². The van der Waals surface area contributed by atoms with Crippen molar-refractivity contribution in [1.29, 1.82) is 0 Å². The molecule has 2 N–H and O–H groups in total. The molecule has 3 heterocycles. The summed E-state index contributed by atoms with van der Waals surface area (Å²) in [5, 5.41) is 13.5. The number of nitrogens with zero attached hydrogens (tertiary/aromatic N) is 7. The first-order valence-corrected chi connectivity index (χ1v) is 10.5. The van der Waals surface area contributed by atoms with E-state index in [2.05, 4.69) is 40.8 Å². The summed E-state index contributed by atoms with van der Waals surface area (Å²) in [5.41, 5.74) is 1.89. The topological polar surface area (TPSA) is 137 Å². The van der Waals surface area contributed by atoms with E-state index in [1.807, 2.05) is 27.7 Å². The Morgan fingerprint density at radius 1 is 1.21 bits per heavy atom. The van der Waals surface area contributed by atoms with Crippen LogP contribution in [0.3, 0.4) is 0 Å². The third-order valence-corrected chi connectivity index (χ3v) is 4.91. The normalized spacial score (nSPS) is 11.5. The third-order valence-electron chi connectivity index (χ3n) is 4.91. The van der Waals surface area contributed by atoms with Gasteiger partial charge in [-0.05, 0) is 30.2 Å². The van der Waals surface area contributed by atoms with Gasteiger partial charge in [0.2, 0.25) is 11.8 Å². The van der Waals surface area contributed by atoms with Crippen LogP contribution in [0.1, 0.15) is 48.4 Å². The highest BCUT2D eigenvalue weighted by Gasteiger charge is 2.24. The molecule has 4 aromatic rings. The van der Waals surface area contributed by atoms with Gasteiger partial charge in [-0.3, -0.25) is 9.48 Å². The lowest BCUT2D eigenvalue weighted by Crippen LogP contribution is -2.25. The quantitative estimate of drug-likeness (QED) is 0.440. The number of halogens is 1. The second kappa shape index (κ2) is 8.96. The third kappa shape index (κ3) is 5.05. The van der Waals surface area contributed by atoms with Gasteiger partial charge in [0.05, 0.1) is 17.4 Å². The second-order valence-electron chi connectivity index (χ2n) is 8.77. The molecule has 0 bridgehead atoms. The predicted octanol–water partition coefficient (Wildman–Crippen LogP) is 3.07. The molecule has 176 valence electrons. The summed E-state index contributed by atoms with van der Waals surface area (Å²) >= 11 is 0. The average molecular weight is 465 g/mol. The molecule has 0 aliphatic rings. The fraction of sp³-hybridized carbons (Fsp3) is 0.318. The zero-order valence-electron chi connectivity index (χ0n) is 19.4. The first-order valence-electron chi connectivity index (χ1n) is 10.5. The molecule has 0 aliphatic carbocycles. The molecule has 0 saturated heterocycles. The highest BCUT2D eigenvalue weighted by molar-refractivity contribution is 5.90. The maximum Gasteiger partial charge on any atom is 0.292 e. The lowest BCUT2D eigenvalue weighted by molar-refractivity contribution is 0.0937. The van der Waals surface area contributed by atoms with Crippen molar-refractivity contribution in [1.82, 2.24) is 40.2 Å². The van der Waals surface area contributed by atoms with Crippen LogP contribution >= 0.6 is 0 Å². The fourth-order valence-corrected chi connectivity index (χ4v) is 3.06. The van der Waals surface area contributed by atoms with Crippen LogP contribution in [-0.2, 0) is 19.0 Å². The maximum atomic E-state index is 15.0. The highest BCUT2D eigenvalue weighted by atomic mass is 19.1. The van der Waals surface area contributed by atoms with Crippen LogP contribution in [0.25, 0.3) is 11.4 Å². The van der Waals surface area contributed by atoms with Crippen LogP contribution in [0, 0.1) is 12.7 Å². The summed E-state index contributed by atoms with van der Waals surface area (Å²) in [7, 11) is 1.79. The highest BCUT2D eigenvalue weighted by Crippen LogP contribution is 2.24. The molecule has 11 nitrogen and oxygen atoms in total. The first kappa shape index (κ1) is 23.0.